The third kappa shape index (κ3) is 9.83. The molecule has 270 valence electrons. The Bertz CT molecular complexity index is 1250. The van der Waals surface area contributed by atoms with Crippen LogP contribution in [0.15, 0.2) is 60.7 Å². The fraction of sp³-hybridized carbons (Fsp3) is 0.676. The monoisotopic (exact) mass is 678 g/mol. The molecular weight excluding hydrogens is 616 g/mol. The largest absolute Gasteiger partial charge is 0.494 e. The van der Waals surface area contributed by atoms with E-state index in [2.05, 4.69) is 46.8 Å². The van der Waals surface area contributed by atoms with Crippen LogP contribution in [0.4, 0.5) is 0 Å². The summed E-state index contributed by atoms with van der Waals surface area (Å²) < 4.78 is 46.4. The van der Waals surface area contributed by atoms with Gasteiger partial charge in [0.05, 0.1) is 44.8 Å². The van der Waals surface area contributed by atoms with Gasteiger partial charge in [-0.1, -0.05) is 66.2 Å². The summed E-state index contributed by atoms with van der Waals surface area (Å²) in [6.07, 6.45) is 0. The van der Waals surface area contributed by atoms with Gasteiger partial charge in [-0.3, -0.25) is 0 Å². The van der Waals surface area contributed by atoms with Gasteiger partial charge >= 0.3 is 28.8 Å². The van der Waals surface area contributed by atoms with Crippen LogP contribution in [0.2, 0.25) is 0 Å². The van der Waals surface area contributed by atoms with E-state index in [1.165, 1.54) is 5.56 Å². The first-order valence-electron chi connectivity index (χ1n) is 17.6. The summed E-state index contributed by atoms with van der Waals surface area (Å²) in [5, 5.41) is 0. The van der Waals surface area contributed by atoms with E-state index < -0.39 is 14.0 Å². The van der Waals surface area contributed by atoms with Gasteiger partial charge in [-0.25, -0.2) is 0 Å². The Kier molecular flexibility index (Phi) is 12.6. The summed E-state index contributed by atoms with van der Waals surface area (Å²) in [5.74, 6) is 0. The second-order valence-corrected chi connectivity index (χ2v) is 17.3. The maximum absolute atomic E-state index is 5.96. The van der Waals surface area contributed by atoms with Gasteiger partial charge in [0, 0.05) is 0 Å². The quantitative estimate of drug-likeness (QED) is 0.312. The van der Waals surface area contributed by atoms with Gasteiger partial charge in [-0.15, -0.1) is 0 Å². The lowest BCUT2D eigenvalue weighted by Crippen LogP contribution is -2.41. The first-order valence-corrected chi connectivity index (χ1v) is 17.6. The number of benzene rings is 2. The smallest absolute Gasteiger partial charge is 0.406 e. The maximum atomic E-state index is 5.96. The highest BCUT2D eigenvalue weighted by atomic mass is 16.7. The van der Waals surface area contributed by atoms with Crippen LogP contribution in [0, 0.1) is 6.92 Å². The molecule has 0 saturated carbocycles. The maximum Gasteiger partial charge on any atom is 0.494 e. The van der Waals surface area contributed by atoms with Crippen molar-refractivity contribution in [1.82, 2.24) is 0 Å². The Morgan fingerprint density at radius 3 is 0.918 bits per heavy atom. The predicted octanol–water partition coefficient (Wildman–Crippen LogP) is 7.09. The summed E-state index contributed by atoms with van der Waals surface area (Å²) in [5.41, 5.74) is 0.185. The Balaban J connectivity index is 0.000000188. The van der Waals surface area contributed by atoms with Crippen LogP contribution < -0.4 is 5.46 Å². The Labute approximate surface area is 299 Å². The fourth-order valence-electron chi connectivity index (χ4n) is 4.79. The van der Waals surface area contributed by atoms with Crippen molar-refractivity contribution < 1.29 is 37.2 Å². The molecule has 0 N–H and O–H groups in total. The van der Waals surface area contributed by atoms with E-state index >= 15 is 0 Å². The topological polar surface area (TPSA) is 73.8 Å². The SMILES string of the molecule is CC1(C)OB(B2OC(C)(C)C(C)(C)O2)OC1(C)C.CC1(C)OB(c2ccccc2)OC1(C)C.CC1(C)OBOC1(C)C.Cc1ccccc1. The molecule has 8 nitrogen and oxygen atoms in total. The van der Waals surface area contributed by atoms with Crippen LogP contribution in [-0.4, -0.2) is 73.6 Å². The molecule has 4 saturated heterocycles. The van der Waals surface area contributed by atoms with Gasteiger partial charge < -0.3 is 37.2 Å². The van der Waals surface area contributed by atoms with E-state index in [0.717, 1.165) is 5.46 Å². The van der Waals surface area contributed by atoms with Gasteiger partial charge in [0.15, 0.2) is 0 Å². The average Bonchev–Trinajstić information content (AvgIpc) is 3.53. The standard InChI is InChI=1S/C12H24B2O4.C12H17BO2.C7H8.C6H13BO2/c1-9(2)10(3,4)16-13(15-9)14-17-11(5,6)12(7,8)18-14;1-11(2)12(3,4)15-13(14-11)10-8-6-5-7-9-10;1-7-5-3-2-4-6-7;1-5(2)6(3,4)9-7-8-5/h1-8H3;5-9H,1-4H3;2-6H,1H3;7H,1-4H3. The van der Waals surface area contributed by atoms with Gasteiger partial charge in [0.2, 0.25) is 0 Å². The number of aryl methyl sites for hydroxylation is 1. The normalized spacial score (nSPS) is 25.5. The highest BCUT2D eigenvalue weighted by Gasteiger charge is 2.63. The van der Waals surface area contributed by atoms with E-state index in [1.807, 2.05) is 132 Å². The predicted molar refractivity (Wildman–Crippen MR) is 203 cm³/mol. The number of hydrogen-bond donors (Lipinski definition) is 0. The lowest BCUT2D eigenvalue weighted by molar-refractivity contribution is 0.00578. The summed E-state index contributed by atoms with van der Waals surface area (Å²) in [4.78, 5) is 0. The molecule has 0 spiro atoms. The van der Waals surface area contributed by atoms with Gasteiger partial charge in [0.1, 0.15) is 0 Å². The van der Waals surface area contributed by atoms with Crippen LogP contribution in [0.25, 0.3) is 0 Å². The second kappa shape index (κ2) is 14.8. The van der Waals surface area contributed by atoms with Crippen molar-refractivity contribution in [2.75, 3.05) is 0 Å². The van der Waals surface area contributed by atoms with Crippen molar-refractivity contribution in [3.05, 3.63) is 66.2 Å². The van der Waals surface area contributed by atoms with Gasteiger partial charge in [-0.2, -0.15) is 0 Å². The van der Waals surface area contributed by atoms with E-state index in [-0.39, 0.29) is 51.9 Å². The van der Waals surface area contributed by atoms with Crippen LogP contribution in [0.5, 0.6) is 0 Å². The zero-order valence-corrected chi connectivity index (χ0v) is 33.5. The zero-order valence-electron chi connectivity index (χ0n) is 33.5. The van der Waals surface area contributed by atoms with Gasteiger partial charge in [0.25, 0.3) is 0 Å². The van der Waals surface area contributed by atoms with Crippen molar-refractivity contribution in [3.63, 3.8) is 0 Å². The molecule has 4 fully saturated rings. The summed E-state index contributed by atoms with van der Waals surface area (Å²) >= 11 is 0. The first kappa shape index (κ1) is 41.8. The zero-order chi connectivity index (χ0) is 37.3. The molecule has 0 aliphatic carbocycles. The highest BCUT2D eigenvalue weighted by Crippen LogP contribution is 2.43. The molecule has 12 heteroatoms. The Hall–Kier alpha value is -1.62. The molecule has 4 aliphatic heterocycles. The number of rotatable bonds is 2. The van der Waals surface area contributed by atoms with Crippen molar-refractivity contribution in [2.45, 2.75) is 163 Å². The van der Waals surface area contributed by atoms with Crippen LogP contribution in [0.1, 0.15) is 116 Å². The second-order valence-electron chi connectivity index (χ2n) is 17.3. The van der Waals surface area contributed by atoms with E-state index in [0.29, 0.717) is 7.69 Å². The van der Waals surface area contributed by atoms with Crippen LogP contribution in [-0.2, 0) is 37.2 Å². The molecule has 2 aromatic carbocycles. The Morgan fingerprint density at radius 2 is 0.673 bits per heavy atom. The minimum Gasteiger partial charge on any atom is -0.406 e. The van der Waals surface area contributed by atoms with Crippen LogP contribution in [0.3, 0.4) is 0 Å². The lowest BCUT2D eigenvalue weighted by Gasteiger charge is -2.32. The van der Waals surface area contributed by atoms with Gasteiger partial charge in [-0.05, 0) is 123 Å². The van der Waals surface area contributed by atoms with E-state index in [1.54, 1.807) is 0 Å². The molecule has 49 heavy (non-hydrogen) atoms. The number of hydrogen-bond acceptors (Lipinski definition) is 8. The van der Waals surface area contributed by atoms with Crippen LogP contribution >= 0.6 is 0 Å². The molecular formula is C37H62B4O8. The molecule has 0 bridgehead atoms. The fourth-order valence-corrected chi connectivity index (χ4v) is 4.79. The van der Waals surface area contributed by atoms with Crippen molar-refractivity contribution >= 4 is 34.3 Å². The lowest BCUT2D eigenvalue weighted by atomic mass is 9.49. The molecule has 0 amide bonds. The highest BCUT2D eigenvalue weighted by molar-refractivity contribution is 7.11. The molecule has 0 radical (unpaired) electrons. The minimum atomic E-state index is -0.476. The van der Waals surface area contributed by atoms with E-state index in [9.17, 15) is 0 Å². The molecule has 6 rings (SSSR count). The van der Waals surface area contributed by atoms with Crippen molar-refractivity contribution in [2.24, 2.45) is 0 Å². The molecule has 2 aromatic rings. The van der Waals surface area contributed by atoms with Crippen molar-refractivity contribution in [3.8, 4) is 0 Å². The molecule has 4 aliphatic rings. The molecule has 4 heterocycles. The summed E-state index contributed by atoms with van der Waals surface area (Å²) in [6.45, 7) is 34.7. The first-order chi connectivity index (χ1) is 22.2. The van der Waals surface area contributed by atoms with E-state index in [4.69, 9.17) is 37.2 Å². The third-order valence-electron chi connectivity index (χ3n) is 11.3. The Morgan fingerprint density at radius 1 is 0.388 bits per heavy atom. The molecule has 0 atom stereocenters. The van der Waals surface area contributed by atoms with Crippen molar-refractivity contribution in [1.29, 1.82) is 0 Å². The molecule has 0 aromatic heterocycles. The summed E-state index contributed by atoms with van der Waals surface area (Å²) in [6, 6.07) is 20.3. The third-order valence-corrected chi connectivity index (χ3v) is 11.3. The average molecular weight is 678 g/mol. The summed E-state index contributed by atoms with van der Waals surface area (Å²) in [7, 11) is -0.761. The molecule has 0 unspecified atom stereocenters. The minimum absolute atomic E-state index is 0.132.